The highest BCUT2D eigenvalue weighted by molar-refractivity contribution is 7.99. The molecule has 2 N–H and O–H groups in total. The van der Waals surface area contributed by atoms with Crippen molar-refractivity contribution in [1.82, 2.24) is 5.32 Å². The van der Waals surface area contributed by atoms with E-state index >= 15 is 0 Å². The van der Waals surface area contributed by atoms with Crippen LogP contribution in [0.15, 0.2) is 29.2 Å². The van der Waals surface area contributed by atoms with Gasteiger partial charge >= 0.3 is 5.97 Å². The minimum Gasteiger partial charge on any atom is -0.480 e. The second kappa shape index (κ2) is 9.05. The van der Waals surface area contributed by atoms with Gasteiger partial charge in [-0.2, -0.15) is 0 Å². The molecule has 1 atom stereocenters. The molecule has 1 unspecified atom stereocenters. The standard InChI is InChI=1S/C16H24FNO2S/c1-3-11-18-16(4-2,15(19)20)10-5-12-21-14-8-6-13(17)7-9-14/h6-9,18H,3-5,10-12H2,1-2H3,(H,19,20). The molecule has 0 amide bonds. The van der Waals surface area contributed by atoms with E-state index in [9.17, 15) is 14.3 Å². The van der Waals surface area contributed by atoms with Crippen LogP contribution in [-0.2, 0) is 4.79 Å². The second-order valence-corrected chi connectivity index (χ2v) is 6.24. The lowest BCUT2D eigenvalue weighted by molar-refractivity contribution is -0.145. The molecule has 0 aliphatic rings. The molecule has 0 saturated heterocycles. The third kappa shape index (κ3) is 5.67. The summed E-state index contributed by atoms with van der Waals surface area (Å²) in [7, 11) is 0. The number of halogens is 1. The van der Waals surface area contributed by atoms with Crippen LogP contribution in [0.5, 0.6) is 0 Å². The number of carboxylic acids is 1. The maximum absolute atomic E-state index is 12.8. The highest BCUT2D eigenvalue weighted by Gasteiger charge is 2.35. The molecule has 0 bridgehead atoms. The van der Waals surface area contributed by atoms with Crippen molar-refractivity contribution in [2.45, 2.75) is 50.0 Å². The van der Waals surface area contributed by atoms with Crippen molar-refractivity contribution in [2.24, 2.45) is 0 Å². The molecule has 1 rings (SSSR count). The Labute approximate surface area is 130 Å². The van der Waals surface area contributed by atoms with E-state index in [1.54, 1.807) is 23.9 Å². The average Bonchev–Trinajstić information content (AvgIpc) is 2.48. The van der Waals surface area contributed by atoms with E-state index in [0.29, 0.717) is 19.4 Å². The normalized spacial score (nSPS) is 13.9. The molecule has 5 heteroatoms. The summed E-state index contributed by atoms with van der Waals surface area (Å²) in [5, 5.41) is 12.7. The molecular formula is C16H24FNO2S. The first-order chi connectivity index (χ1) is 10.0. The third-order valence-electron chi connectivity index (χ3n) is 3.56. The fourth-order valence-electron chi connectivity index (χ4n) is 2.18. The van der Waals surface area contributed by atoms with Crippen LogP contribution in [0.2, 0.25) is 0 Å². The van der Waals surface area contributed by atoms with Gasteiger partial charge in [0.2, 0.25) is 0 Å². The number of thioether (sulfide) groups is 1. The fraction of sp³-hybridized carbons (Fsp3) is 0.562. The van der Waals surface area contributed by atoms with E-state index in [-0.39, 0.29) is 5.82 Å². The second-order valence-electron chi connectivity index (χ2n) is 5.07. The summed E-state index contributed by atoms with van der Waals surface area (Å²) in [4.78, 5) is 12.6. The van der Waals surface area contributed by atoms with Crippen molar-refractivity contribution in [3.63, 3.8) is 0 Å². The van der Waals surface area contributed by atoms with Gasteiger partial charge in [-0.3, -0.25) is 4.79 Å². The van der Waals surface area contributed by atoms with Crippen LogP contribution in [-0.4, -0.2) is 28.9 Å². The summed E-state index contributed by atoms with van der Waals surface area (Å²) in [5.41, 5.74) is -0.820. The minimum absolute atomic E-state index is 0.237. The molecule has 1 aromatic carbocycles. The predicted octanol–water partition coefficient (Wildman–Crippen LogP) is 3.93. The van der Waals surface area contributed by atoms with Gasteiger partial charge in [-0.25, -0.2) is 4.39 Å². The Kier molecular flexibility index (Phi) is 7.75. The van der Waals surface area contributed by atoms with Crippen LogP contribution in [0, 0.1) is 5.82 Å². The number of hydrogen-bond donors (Lipinski definition) is 2. The summed E-state index contributed by atoms with van der Waals surface area (Å²) < 4.78 is 12.8. The van der Waals surface area contributed by atoms with Crippen molar-refractivity contribution in [1.29, 1.82) is 0 Å². The summed E-state index contributed by atoms with van der Waals surface area (Å²) in [5.74, 6) is -0.182. The predicted molar refractivity (Wildman–Crippen MR) is 85.3 cm³/mol. The first kappa shape index (κ1) is 18.0. The molecule has 0 spiro atoms. The first-order valence-electron chi connectivity index (χ1n) is 7.41. The van der Waals surface area contributed by atoms with Gasteiger partial charge in [-0.1, -0.05) is 13.8 Å². The lowest BCUT2D eigenvalue weighted by atomic mass is 9.90. The summed E-state index contributed by atoms with van der Waals surface area (Å²) in [6, 6.07) is 6.39. The Hall–Kier alpha value is -1.07. The monoisotopic (exact) mass is 313 g/mol. The van der Waals surface area contributed by atoms with Gasteiger partial charge in [0, 0.05) is 4.90 Å². The van der Waals surface area contributed by atoms with E-state index < -0.39 is 11.5 Å². The highest BCUT2D eigenvalue weighted by atomic mass is 32.2. The van der Waals surface area contributed by atoms with Crippen molar-refractivity contribution in [3.05, 3.63) is 30.1 Å². The molecule has 0 radical (unpaired) electrons. The molecule has 21 heavy (non-hydrogen) atoms. The zero-order valence-electron chi connectivity index (χ0n) is 12.7. The highest BCUT2D eigenvalue weighted by Crippen LogP contribution is 2.23. The molecule has 1 aromatic rings. The number of rotatable bonds is 10. The smallest absolute Gasteiger partial charge is 0.323 e. The number of benzene rings is 1. The van der Waals surface area contributed by atoms with Gasteiger partial charge in [0.25, 0.3) is 0 Å². The van der Waals surface area contributed by atoms with Crippen LogP contribution in [0.4, 0.5) is 4.39 Å². The van der Waals surface area contributed by atoms with Crippen molar-refractivity contribution in [2.75, 3.05) is 12.3 Å². The van der Waals surface area contributed by atoms with Crippen molar-refractivity contribution >= 4 is 17.7 Å². The van der Waals surface area contributed by atoms with Gasteiger partial charge in [0.1, 0.15) is 11.4 Å². The van der Waals surface area contributed by atoms with Gasteiger partial charge in [-0.05, 0) is 62.2 Å². The number of carboxylic acid groups (broad SMARTS) is 1. The zero-order valence-corrected chi connectivity index (χ0v) is 13.5. The molecule has 0 heterocycles. The van der Waals surface area contributed by atoms with Crippen molar-refractivity contribution < 1.29 is 14.3 Å². The number of aliphatic carboxylic acids is 1. The average molecular weight is 313 g/mol. The Balaban J connectivity index is 2.46. The molecule has 0 saturated carbocycles. The number of carbonyl (C=O) groups is 1. The molecule has 118 valence electrons. The van der Waals surface area contributed by atoms with E-state index in [1.807, 2.05) is 13.8 Å². The van der Waals surface area contributed by atoms with Crippen LogP contribution in [0.25, 0.3) is 0 Å². The summed E-state index contributed by atoms with van der Waals surface area (Å²) in [6.07, 6.45) is 2.90. The number of hydrogen-bond acceptors (Lipinski definition) is 3. The van der Waals surface area contributed by atoms with Gasteiger partial charge in [0.05, 0.1) is 0 Å². The lowest BCUT2D eigenvalue weighted by Gasteiger charge is -2.29. The molecule has 3 nitrogen and oxygen atoms in total. The molecule has 0 aromatic heterocycles. The fourth-order valence-corrected chi connectivity index (χ4v) is 3.04. The quantitative estimate of drug-likeness (QED) is 0.507. The Morgan fingerprint density at radius 3 is 2.52 bits per heavy atom. The topological polar surface area (TPSA) is 49.3 Å². The van der Waals surface area contributed by atoms with E-state index in [4.69, 9.17) is 0 Å². The Bertz CT molecular complexity index is 438. The van der Waals surface area contributed by atoms with E-state index in [2.05, 4.69) is 5.32 Å². The largest absolute Gasteiger partial charge is 0.480 e. The zero-order chi connectivity index (χ0) is 15.7. The summed E-state index contributed by atoms with van der Waals surface area (Å²) >= 11 is 1.63. The summed E-state index contributed by atoms with van der Waals surface area (Å²) in [6.45, 7) is 4.65. The molecule has 0 aliphatic heterocycles. The number of nitrogens with one attached hydrogen (secondary N) is 1. The lowest BCUT2D eigenvalue weighted by Crippen LogP contribution is -2.52. The van der Waals surface area contributed by atoms with E-state index in [1.165, 1.54) is 12.1 Å². The molecular weight excluding hydrogens is 289 g/mol. The maximum atomic E-state index is 12.8. The molecule has 0 fully saturated rings. The van der Waals surface area contributed by atoms with Crippen LogP contribution in [0.1, 0.15) is 39.5 Å². The van der Waals surface area contributed by atoms with E-state index in [0.717, 1.165) is 23.5 Å². The first-order valence-corrected chi connectivity index (χ1v) is 8.39. The van der Waals surface area contributed by atoms with Crippen LogP contribution >= 0.6 is 11.8 Å². The van der Waals surface area contributed by atoms with Gasteiger partial charge < -0.3 is 10.4 Å². The molecule has 0 aliphatic carbocycles. The van der Waals surface area contributed by atoms with Crippen molar-refractivity contribution in [3.8, 4) is 0 Å². The van der Waals surface area contributed by atoms with Gasteiger partial charge in [-0.15, -0.1) is 11.8 Å². The van der Waals surface area contributed by atoms with Crippen LogP contribution < -0.4 is 5.32 Å². The third-order valence-corrected chi connectivity index (χ3v) is 4.65. The van der Waals surface area contributed by atoms with Gasteiger partial charge in [0.15, 0.2) is 0 Å². The maximum Gasteiger partial charge on any atom is 0.323 e. The van der Waals surface area contributed by atoms with Crippen LogP contribution in [0.3, 0.4) is 0 Å². The minimum atomic E-state index is -0.820. The Morgan fingerprint density at radius 2 is 2.00 bits per heavy atom. The SMILES string of the molecule is CCCNC(CC)(CCCSc1ccc(F)cc1)C(=O)O. The Morgan fingerprint density at radius 1 is 1.33 bits per heavy atom.